The predicted molar refractivity (Wildman–Crippen MR) is 74.5 cm³/mol. The molecule has 1 saturated carbocycles. The van der Waals surface area contributed by atoms with E-state index in [2.05, 4.69) is 4.74 Å². The lowest BCUT2D eigenvalue weighted by molar-refractivity contribution is 0.0600. The van der Waals surface area contributed by atoms with E-state index in [9.17, 15) is 13.2 Å². The largest absolute Gasteiger partial charge is 0.493 e. The number of esters is 1. The van der Waals surface area contributed by atoms with Gasteiger partial charge in [0.05, 0.1) is 25.0 Å². The lowest BCUT2D eigenvalue weighted by Gasteiger charge is -2.12. The van der Waals surface area contributed by atoms with Crippen LogP contribution in [0.1, 0.15) is 28.8 Å². The van der Waals surface area contributed by atoms with Crippen LogP contribution in [0, 0.1) is 5.92 Å². The molecule has 1 aromatic rings. The number of sulfone groups is 1. The van der Waals surface area contributed by atoms with Crippen LogP contribution in [-0.2, 0) is 20.3 Å². The first-order valence-electron chi connectivity index (χ1n) is 6.41. The van der Waals surface area contributed by atoms with Crippen LogP contribution in [0.5, 0.6) is 5.75 Å². The Hall–Kier alpha value is -1.56. The van der Waals surface area contributed by atoms with Crippen molar-refractivity contribution in [2.45, 2.75) is 18.6 Å². The molecule has 20 heavy (non-hydrogen) atoms. The van der Waals surface area contributed by atoms with Gasteiger partial charge < -0.3 is 9.47 Å². The number of carbonyl (C=O) groups excluding carboxylic acids is 1. The molecule has 110 valence electrons. The van der Waals surface area contributed by atoms with Crippen LogP contribution >= 0.6 is 0 Å². The number of hydrogen-bond donors (Lipinski definition) is 0. The predicted octanol–water partition coefficient (Wildman–Crippen LogP) is 1.81. The van der Waals surface area contributed by atoms with Crippen molar-refractivity contribution in [1.82, 2.24) is 0 Å². The van der Waals surface area contributed by atoms with E-state index in [1.807, 2.05) is 0 Å². The molecule has 1 aromatic carbocycles. The topological polar surface area (TPSA) is 69.7 Å². The van der Waals surface area contributed by atoms with Crippen molar-refractivity contribution >= 4 is 15.8 Å². The van der Waals surface area contributed by atoms with Crippen LogP contribution in [0.3, 0.4) is 0 Å². The Morgan fingerprint density at radius 3 is 2.60 bits per heavy atom. The molecule has 2 rings (SSSR count). The zero-order valence-corrected chi connectivity index (χ0v) is 12.4. The van der Waals surface area contributed by atoms with Gasteiger partial charge >= 0.3 is 5.97 Å². The highest BCUT2D eigenvalue weighted by Crippen LogP contribution is 2.31. The van der Waals surface area contributed by atoms with Crippen LogP contribution in [0.4, 0.5) is 0 Å². The zero-order chi connectivity index (χ0) is 14.8. The Balaban J connectivity index is 2.25. The first kappa shape index (κ1) is 14.8. The highest BCUT2D eigenvalue weighted by atomic mass is 32.2. The van der Waals surface area contributed by atoms with E-state index in [0.29, 0.717) is 29.4 Å². The fraction of sp³-hybridized carbons (Fsp3) is 0.500. The lowest BCUT2D eigenvalue weighted by atomic mass is 10.1. The van der Waals surface area contributed by atoms with E-state index in [1.165, 1.54) is 13.4 Å². The minimum Gasteiger partial charge on any atom is -0.493 e. The summed E-state index contributed by atoms with van der Waals surface area (Å²) in [6, 6.07) is 4.71. The second-order valence-corrected chi connectivity index (χ2v) is 7.28. The third-order valence-electron chi connectivity index (χ3n) is 3.08. The molecule has 0 spiro atoms. The molecule has 5 nitrogen and oxygen atoms in total. The molecule has 0 aromatic heterocycles. The second kappa shape index (κ2) is 5.83. The van der Waals surface area contributed by atoms with Crippen molar-refractivity contribution < 1.29 is 22.7 Å². The average Bonchev–Trinajstić information content (AvgIpc) is 3.19. The molecule has 0 atom stereocenters. The van der Waals surface area contributed by atoms with E-state index in [-0.39, 0.29) is 5.75 Å². The summed E-state index contributed by atoms with van der Waals surface area (Å²) in [6.07, 6.45) is 3.45. The second-order valence-electron chi connectivity index (χ2n) is 5.14. The van der Waals surface area contributed by atoms with Gasteiger partial charge in [-0.2, -0.15) is 0 Å². The molecule has 1 aliphatic carbocycles. The summed E-state index contributed by atoms with van der Waals surface area (Å²) in [7, 11) is -1.85. The van der Waals surface area contributed by atoms with Gasteiger partial charge in [-0.15, -0.1) is 0 Å². The molecule has 0 aliphatic heterocycles. The molecule has 1 aliphatic rings. The summed E-state index contributed by atoms with van der Waals surface area (Å²) in [5.41, 5.74) is 0.927. The number of hydrogen-bond acceptors (Lipinski definition) is 5. The van der Waals surface area contributed by atoms with Crippen LogP contribution < -0.4 is 4.74 Å². The van der Waals surface area contributed by atoms with Crippen LogP contribution in [0.15, 0.2) is 18.2 Å². The number of rotatable bonds is 6. The van der Waals surface area contributed by atoms with Gasteiger partial charge in [0.1, 0.15) is 5.75 Å². The molecule has 0 bridgehead atoms. The molecular formula is C14H18O5S. The summed E-state index contributed by atoms with van der Waals surface area (Å²) in [6.45, 7) is 0.557. The fourth-order valence-corrected chi connectivity index (χ4v) is 2.63. The van der Waals surface area contributed by atoms with Gasteiger partial charge in [0.15, 0.2) is 9.84 Å². The smallest absolute Gasteiger partial charge is 0.337 e. The van der Waals surface area contributed by atoms with E-state index >= 15 is 0 Å². The SMILES string of the molecule is COC(=O)c1ccc(CS(C)(=O)=O)c(OCC2CC2)c1. The third-order valence-corrected chi connectivity index (χ3v) is 3.91. The van der Waals surface area contributed by atoms with Gasteiger partial charge in [0, 0.05) is 11.8 Å². The maximum absolute atomic E-state index is 11.5. The standard InChI is InChI=1S/C14H18O5S/c1-18-14(15)11-5-6-12(9-20(2,16)17)13(7-11)19-8-10-3-4-10/h5-7,10H,3-4,8-9H2,1-2H3. The number of ether oxygens (including phenoxy) is 2. The van der Waals surface area contributed by atoms with Crippen LogP contribution in [0.25, 0.3) is 0 Å². The maximum atomic E-state index is 11.5. The normalized spacial score (nSPS) is 14.9. The molecule has 6 heteroatoms. The molecule has 1 fully saturated rings. The highest BCUT2D eigenvalue weighted by molar-refractivity contribution is 7.89. The minimum absolute atomic E-state index is 0.103. The van der Waals surface area contributed by atoms with E-state index < -0.39 is 15.8 Å². The molecule has 0 saturated heterocycles. The summed E-state index contributed by atoms with van der Waals surface area (Å²) in [5, 5.41) is 0. The van der Waals surface area contributed by atoms with Crippen molar-refractivity contribution in [3.8, 4) is 5.75 Å². The summed E-state index contributed by atoms with van der Waals surface area (Å²) < 4.78 is 33.2. The van der Waals surface area contributed by atoms with Gasteiger partial charge in [0.2, 0.25) is 0 Å². The van der Waals surface area contributed by atoms with E-state index in [4.69, 9.17) is 4.74 Å². The quantitative estimate of drug-likeness (QED) is 0.749. The zero-order valence-electron chi connectivity index (χ0n) is 11.6. The molecule has 0 unspecified atom stereocenters. The maximum Gasteiger partial charge on any atom is 0.337 e. The summed E-state index contributed by atoms with van der Waals surface area (Å²) in [5.74, 6) is 0.425. The molecule has 0 N–H and O–H groups in total. The highest BCUT2D eigenvalue weighted by Gasteiger charge is 2.23. The lowest BCUT2D eigenvalue weighted by Crippen LogP contribution is -2.08. The van der Waals surface area contributed by atoms with Crippen molar-refractivity contribution in [3.05, 3.63) is 29.3 Å². The number of methoxy groups -OCH3 is 1. The first-order chi connectivity index (χ1) is 9.39. The van der Waals surface area contributed by atoms with E-state index in [1.54, 1.807) is 18.2 Å². The number of carbonyl (C=O) groups is 1. The molecule has 0 heterocycles. The Kier molecular flexibility index (Phi) is 4.32. The van der Waals surface area contributed by atoms with Crippen molar-refractivity contribution in [2.24, 2.45) is 5.92 Å². The van der Waals surface area contributed by atoms with Crippen molar-refractivity contribution in [2.75, 3.05) is 20.0 Å². The Labute approximate surface area is 118 Å². The molecular weight excluding hydrogens is 280 g/mol. The fourth-order valence-electron chi connectivity index (χ4n) is 1.83. The Morgan fingerprint density at radius 2 is 2.05 bits per heavy atom. The van der Waals surface area contributed by atoms with Gasteiger partial charge in [0.25, 0.3) is 0 Å². The minimum atomic E-state index is -3.16. The molecule has 0 radical (unpaired) electrons. The van der Waals surface area contributed by atoms with Gasteiger partial charge in [-0.05, 0) is 30.9 Å². The third kappa shape index (κ3) is 4.23. The van der Waals surface area contributed by atoms with Crippen LogP contribution in [-0.4, -0.2) is 34.4 Å². The molecule has 0 amide bonds. The summed E-state index contributed by atoms with van der Waals surface area (Å²) in [4.78, 5) is 11.5. The van der Waals surface area contributed by atoms with E-state index in [0.717, 1.165) is 12.8 Å². The Bertz CT molecular complexity index is 602. The Morgan fingerprint density at radius 1 is 1.35 bits per heavy atom. The van der Waals surface area contributed by atoms with Crippen LogP contribution in [0.2, 0.25) is 0 Å². The monoisotopic (exact) mass is 298 g/mol. The number of benzene rings is 1. The summed E-state index contributed by atoms with van der Waals surface area (Å²) >= 11 is 0. The van der Waals surface area contributed by atoms with Gasteiger partial charge in [-0.3, -0.25) is 0 Å². The first-order valence-corrected chi connectivity index (χ1v) is 8.47. The van der Waals surface area contributed by atoms with Gasteiger partial charge in [-0.25, -0.2) is 13.2 Å². The van der Waals surface area contributed by atoms with Crippen molar-refractivity contribution in [3.63, 3.8) is 0 Å². The van der Waals surface area contributed by atoms with Crippen molar-refractivity contribution in [1.29, 1.82) is 0 Å². The average molecular weight is 298 g/mol. The van der Waals surface area contributed by atoms with Gasteiger partial charge in [-0.1, -0.05) is 6.07 Å².